The molecule has 0 saturated carbocycles. The number of halogens is 1. The summed E-state index contributed by atoms with van der Waals surface area (Å²) in [6.45, 7) is 0. The molecule has 4 aromatic rings. The van der Waals surface area contributed by atoms with Crippen LogP contribution in [-0.2, 0) is 21.2 Å². The van der Waals surface area contributed by atoms with E-state index >= 15 is 0 Å². The summed E-state index contributed by atoms with van der Waals surface area (Å²) in [5.74, 6) is -0.225. The van der Waals surface area contributed by atoms with Crippen LogP contribution in [0, 0.1) is 5.82 Å². The lowest BCUT2D eigenvalue weighted by molar-refractivity contribution is -0.136. The molecular formula is C24H20FNO6S. The van der Waals surface area contributed by atoms with Gasteiger partial charge in [0.05, 0.1) is 17.5 Å². The number of aryl methyl sites for hydroxylation is 1. The van der Waals surface area contributed by atoms with E-state index in [9.17, 15) is 17.6 Å². The molecule has 33 heavy (non-hydrogen) atoms. The minimum Gasteiger partial charge on any atom is -0.497 e. The van der Waals surface area contributed by atoms with Gasteiger partial charge in [0, 0.05) is 24.1 Å². The van der Waals surface area contributed by atoms with Gasteiger partial charge in [0.15, 0.2) is 0 Å². The predicted octanol–water partition coefficient (Wildman–Crippen LogP) is 4.84. The monoisotopic (exact) mass is 469 g/mol. The van der Waals surface area contributed by atoms with Crippen molar-refractivity contribution >= 4 is 26.9 Å². The average Bonchev–Trinajstić information content (AvgIpc) is 3.18. The Morgan fingerprint density at radius 2 is 1.73 bits per heavy atom. The number of hydrogen-bond acceptors (Lipinski definition) is 5. The van der Waals surface area contributed by atoms with Crippen molar-refractivity contribution in [1.82, 2.24) is 3.97 Å². The van der Waals surface area contributed by atoms with Gasteiger partial charge in [-0.1, -0.05) is 6.07 Å². The molecule has 7 nitrogen and oxygen atoms in total. The van der Waals surface area contributed by atoms with Crippen molar-refractivity contribution in [3.8, 4) is 17.2 Å². The normalized spacial score (nSPS) is 11.5. The Morgan fingerprint density at radius 1 is 1.00 bits per heavy atom. The first-order chi connectivity index (χ1) is 15.8. The Hall–Kier alpha value is -3.85. The summed E-state index contributed by atoms with van der Waals surface area (Å²) in [6.07, 6.45) is 1.46. The van der Waals surface area contributed by atoms with E-state index in [4.69, 9.17) is 14.6 Å². The zero-order chi connectivity index (χ0) is 23.6. The molecule has 0 amide bonds. The van der Waals surface area contributed by atoms with E-state index in [1.807, 2.05) is 0 Å². The van der Waals surface area contributed by atoms with Gasteiger partial charge >= 0.3 is 5.97 Å². The summed E-state index contributed by atoms with van der Waals surface area (Å²) >= 11 is 0. The van der Waals surface area contributed by atoms with Gasteiger partial charge in [-0.05, 0) is 66.6 Å². The fourth-order valence-electron chi connectivity index (χ4n) is 3.46. The zero-order valence-electron chi connectivity index (χ0n) is 17.6. The Morgan fingerprint density at radius 3 is 2.42 bits per heavy atom. The molecule has 1 heterocycles. The number of carboxylic acids is 1. The molecule has 0 fully saturated rings. The molecule has 170 valence electrons. The molecule has 9 heteroatoms. The summed E-state index contributed by atoms with van der Waals surface area (Å²) in [7, 11) is -2.54. The van der Waals surface area contributed by atoms with Crippen LogP contribution in [0.25, 0.3) is 10.9 Å². The first-order valence-electron chi connectivity index (χ1n) is 9.97. The van der Waals surface area contributed by atoms with Crippen molar-refractivity contribution in [2.24, 2.45) is 0 Å². The number of aliphatic carboxylic acids is 1. The molecule has 0 unspecified atom stereocenters. The van der Waals surface area contributed by atoms with Crippen molar-refractivity contribution < 1.29 is 32.2 Å². The van der Waals surface area contributed by atoms with Gasteiger partial charge in [-0.25, -0.2) is 16.8 Å². The summed E-state index contributed by atoms with van der Waals surface area (Å²) < 4.78 is 52.2. The maximum Gasteiger partial charge on any atom is 0.303 e. The van der Waals surface area contributed by atoms with Crippen LogP contribution in [0.2, 0.25) is 0 Å². The lowest BCUT2D eigenvalue weighted by Gasteiger charge is -2.10. The first kappa shape index (κ1) is 22.3. The third-order valence-corrected chi connectivity index (χ3v) is 6.75. The molecule has 0 bridgehead atoms. The molecule has 0 aliphatic carbocycles. The maximum atomic E-state index is 13.5. The Labute approximate surface area is 189 Å². The molecule has 0 saturated heterocycles. The number of methoxy groups -OCH3 is 1. The number of ether oxygens (including phenoxy) is 2. The van der Waals surface area contributed by atoms with E-state index in [0.29, 0.717) is 28.0 Å². The Bertz CT molecular complexity index is 1430. The van der Waals surface area contributed by atoms with E-state index in [1.165, 1.54) is 49.7 Å². The van der Waals surface area contributed by atoms with E-state index in [0.717, 1.165) is 3.97 Å². The van der Waals surface area contributed by atoms with Crippen molar-refractivity contribution in [1.29, 1.82) is 0 Å². The van der Waals surface area contributed by atoms with Crippen LogP contribution in [0.5, 0.6) is 17.2 Å². The van der Waals surface area contributed by atoms with Gasteiger partial charge in [-0.2, -0.15) is 0 Å². The van der Waals surface area contributed by atoms with Crippen molar-refractivity contribution in [2.45, 2.75) is 17.7 Å². The van der Waals surface area contributed by atoms with Gasteiger partial charge in [-0.15, -0.1) is 0 Å². The van der Waals surface area contributed by atoms with Crippen LogP contribution in [0.4, 0.5) is 4.39 Å². The highest BCUT2D eigenvalue weighted by Crippen LogP contribution is 2.31. The summed E-state index contributed by atoms with van der Waals surface area (Å²) in [6, 6.07) is 16.3. The molecule has 0 aliphatic rings. The number of carboxylic acid groups (broad SMARTS) is 1. The smallest absolute Gasteiger partial charge is 0.303 e. The van der Waals surface area contributed by atoms with E-state index in [1.54, 1.807) is 30.3 Å². The van der Waals surface area contributed by atoms with Gasteiger partial charge < -0.3 is 14.6 Å². The number of rotatable bonds is 8. The van der Waals surface area contributed by atoms with Crippen LogP contribution in [0.3, 0.4) is 0 Å². The second-order valence-corrected chi connectivity index (χ2v) is 9.08. The highest BCUT2D eigenvalue weighted by molar-refractivity contribution is 7.90. The third kappa shape index (κ3) is 4.68. The fourth-order valence-corrected chi connectivity index (χ4v) is 4.89. The lowest BCUT2D eigenvalue weighted by atomic mass is 10.1. The quantitative estimate of drug-likeness (QED) is 0.397. The zero-order valence-corrected chi connectivity index (χ0v) is 18.4. The number of carbonyl (C=O) groups is 1. The van der Waals surface area contributed by atoms with E-state index in [2.05, 4.69) is 0 Å². The van der Waals surface area contributed by atoms with Crippen LogP contribution in [-0.4, -0.2) is 30.6 Å². The number of benzene rings is 3. The van der Waals surface area contributed by atoms with Crippen LogP contribution >= 0.6 is 0 Å². The summed E-state index contributed by atoms with van der Waals surface area (Å²) in [5.41, 5.74) is 0.981. The van der Waals surface area contributed by atoms with Gasteiger partial charge in [0.2, 0.25) is 0 Å². The average molecular weight is 469 g/mol. The van der Waals surface area contributed by atoms with Crippen molar-refractivity contribution in [2.75, 3.05) is 7.11 Å². The number of aromatic nitrogens is 1. The molecule has 1 aromatic heterocycles. The molecule has 0 radical (unpaired) electrons. The molecule has 0 spiro atoms. The van der Waals surface area contributed by atoms with Crippen LogP contribution < -0.4 is 9.47 Å². The van der Waals surface area contributed by atoms with Crippen LogP contribution in [0.15, 0.2) is 77.8 Å². The second kappa shape index (κ2) is 8.95. The fraction of sp³-hybridized carbons (Fsp3) is 0.125. The minimum absolute atomic E-state index is 0.0142. The third-order valence-electron chi connectivity index (χ3n) is 5.08. The molecule has 3 aromatic carbocycles. The maximum absolute atomic E-state index is 13.5. The van der Waals surface area contributed by atoms with Crippen molar-refractivity contribution in [3.63, 3.8) is 0 Å². The highest BCUT2D eigenvalue weighted by atomic mass is 32.2. The largest absolute Gasteiger partial charge is 0.497 e. The van der Waals surface area contributed by atoms with Crippen molar-refractivity contribution in [3.05, 3.63) is 84.3 Å². The Balaban J connectivity index is 1.75. The number of nitrogens with zero attached hydrogens (tertiary/aromatic N) is 1. The highest BCUT2D eigenvalue weighted by Gasteiger charge is 2.22. The van der Waals surface area contributed by atoms with E-state index in [-0.39, 0.29) is 23.5 Å². The number of fused-ring (bicyclic) bond motifs is 1. The SMILES string of the molecule is COc1ccc2c(c1)c(CCC(=O)O)cn2S(=O)(=O)c1cccc(Oc2ccc(F)cc2)c1. The topological polar surface area (TPSA) is 94.8 Å². The molecule has 0 aliphatic heterocycles. The first-order valence-corrected chi connectivity index (χ1v) is 11.4. The predicted molar refractivity (Wildman–Crippen MR) is 120 cm³/mol. The van der Waals surface area contributed by atoms with Crippen LogP contribution in [0.1, 0.15) is 12.0 Å². The molecule has 0 atom stereocenters. The molecule has 1 N–H and O–H groups in total. The standard InChI is InChI=1S/C24H20FNO6S/c1-31-19-10-11-23-22(14-19)16(5-12-24(27)28)15-26(23)33(29,30)21-4-2-3-20(13-21)32-18-8-6-17(25)7-9-18/h2-4,6-11,13-15H,5,12H2,1H3,(H,27,28). The summed E-state index contributed by atoms with van der Waals surface area (Å²) in [4.78, 5) is 11.1. The Kier molecular flexibility index (Phi) is 6.06. The van der Waals surface area contributed by atoms with Gasteiger partial charge in [0.1, 0.15) is 23.1 Å². The number of hydrogen-bond donors (Lipinski definition) is 1. The minimum atomic E-state index is -4.04. The summed E-state index contributed by atoms with van der Waals surface area (Å²) in [5, 5.41) is 9.67. The lowest BCUT2D eigenvalue weighted by Crippen LogP contribution is -2.12. The van der Waals surface area contributed by atoms with E-state index < -0.39 is 21.8 Å². The van der Waals surface area contributed by atoms with Gasteiger partial charge in [0.25, 0.3) is 10.0 Å². The molecular weight excluding hydrogens is 449 g/mol. The van der Waals surface area contributed by atoms with Gasteiger partial charge in [-0.3, -0.25) is 4.79 Å². The molecule has 4 rings (SSSR count). The second-order valence-electron chi connectivity index (χ2n) is 7.26.